The van der Waals surface area contributed by atoms with Crippen LogP contribution in [0.25, 0.3) is 11.4 Å². The summed E-state index contributed by atoms with van der Waals surface area (Å²) in [5, 5.41) is 4.40. The van der Waals surface area contributed by atoms with Gasteiger partial charge in [0.15, 0.2) is 6.23 Å². The molecule has 0 aromatic carbocycles. The summed E-state index contributed by atoms with van der Waals surface area (Å²) in [6.45, 7) is 3.42. The van der Waals surface area contributed by atoms with Crippen molar-refractivity contribution in [2.45, 2.75) is 32.4 Å². The molecule has 5 heteroatoms. The Balaban J connectivity index is 1.84. The number of hydrogen-bond acceptors (Lipinski definition) is 4. The first-order valence-electron chi connectivity index (χ1n) is 7.13. The van der Waals surface area contributed by atoms with Crippen molar-refractivity contribution < 1.29 is 9.47 Å². The van der Waals surface area contributed by atoms with Crippen molar-refractivity contribution in [1.29, 1.82) is 0 Å². The van der Waals surface area contributed by atoms with Crippen LogP contribution < -0.4 is 4.74 Å². The van der Waals surface area contributed by atoms with Crippen molar-refractivity contribution >= 4 is 0 Å². The minimum Gasteiger partial charge on any atom is -0.492 e. The third-order valence-electron chi connectivity index (χ3n) is 3.41. The lowest BCUT2D eigenvalue weighted by Crippen LogP contribution is -2.20. The number of nitrogens with zero attached hydrogens (tertiary/aromatic N) is 3. The van der Waals surface area contributed by atoms with E-state index >= 15 is 0 Å². The van der Waals surface area contributed by atoms with E-state index in [9.17, 15) is 0 Å². The smallest absolute Gasteiger partial charge is 0.150 e. The Kier molecular flexibility index (Phi) is 3.97. The zero-order chi connectivity index (χ0) is 13.8. The van der Waals surface area contributed by atoms with Crippen LogP contribution in [0.15, 0.2) is 30.6 Å². The lowest BCUT2D eigenvalue weighted by atomic mass is 10.2. The molecule has 0 saturated carbocycles. The Bertz CT molecular complexity index is 545. The maximum atomic E-state index is 5.79. The van der Waals surface area contributed by atoms with E-state index in [-0.39, 0.29) is 6.23 Å². The van der Waals surface area contributed by atoms with Gasteiger partial charge in [-0.25, -0.2) is 4.68 Å². The summed E-state index contributed by atoms with van der Waals surface area (Å²) in [5.41, 5.74) is 1.88. The molecule has 1 aliphatic heterocycles. The molecule has 0 amide bonds. The van der Waals surface area contributed by atoms with Gasteiger partial charge in [-0.3, -0.25) is 4.98 Å². The van der Waals surface area contributed by atoms with Crippen LogP contribution in [-0.4, -0.2) is 28.0 Å². The molecule has 3 rings (SSSR count). The SMILES string of the molecule is CCOc1ccc(-c2ccnn2C2CCCCO2)nc1. The normalized spacial score (nSPS) is 18.9. The number of ether oxygens (including phenoxy) is 2. The van der Waals surface area contributed by atoms with E-state index in [2.05, 4.69) is 10.1 Å². The summed E-state index contributed by atoms with van der Waals surface area (Å²) < 4.78 is 13.1. The van der Waals surface area contributed by atoms with Crippen LogP contribution in [0.2, 0.25) is 0 Å². The van der Waals surface area contributed by atoms with E-state index in [4.69, 9.17) is 9.47 Å². The molecule has 3 heterocycles. The Morgan fingerprint density at radius 2 is 2.30 bits per heavy atom. The third kappa shape index (κ3) is 2.67. The standard InChI is InChI=1S/C15H19N3O2/c1-2-19-12-6-7-13(16-11-12)14-8-9-17-18(14)15-5-3-4-10-20-15/h6-9,11,15H,2-5,10H2,1H3. The second kappa shape index (κ2) is 6.05. The lowest BCUT2D eigenvalue weighted by molar-refractivity contribution is -0.0384. The van der Waals surface area contributed by atoms with Gasteiger partial charge in [0.2, 0.25) is 0 Å². The van der Waals surface area contributed by atoms with E-state index in [1.165, 1.54) is 6.42 Å². The van der Waals surface area contributed by atoms with Crippen molar-refractivity contribution in [3.05, 3.63) is 30.6 Å². The number of hydrogen-bond donors (Lipinski definition) is 0. The van der Waals surface area contributed by atoms with Crippen LogP contribution in [-0.2, 0) is 4.74 Å². The first-order valence-corrected chi connectivity index (χ1v) is 7.13. The molecule has 0 spiro atoms. The monoisotopic (exact) mass is 273 g/mol. The zero-order valence-electron chi connectivity index (χ0n) is 11.7. The Morgan fingerprint density at radius 1 is 1.35 bits per heavy atom. The topological polar surface area (TPSA) is 49.2 Å². The fourth-order valence-electron chi connectivity index (χ4n) is 2.45. The van der Waals surface area contributed by atoms with Gasteiger partial charge in [-0.15, -0.1) is 0 Å². The fourth-order valence-corrected chi connectivity index (χ4v) is 2.45. The van der Waals surface area contributed by atoms with Crippen molar-refractivity contribution in [3.63, 3.8) is 0 Å². The van der Waals surface area contributed by atoms with Crippen molar-refractivity contribution in [2.24, 2.45) is 0 Å². The molecular weight excluding hydrogens is 254 g/mol. The number of rotatable bonds is 4. The maximum absolute atomic E-state index is 5.79. The largest absolute Gasteiger partial charge is 0.492 e. The summed E-state index contributed by atoms with van der Waals surface area (Å²) in [6, 6.07) is 5.87. The van der Waals surface area contributed by atoms with Crippen LogP contribution in [0.3, 0.4) is 0 Å². The molecule has 0 aliphatic carbocycles. The molecule has 1 unspecified atom stereocenters. The van der Waals surface area contributed by atoms with Crippen LogP contribution in [0.5, 0.6) is 5.75 Å². The van der Waals surface area contributed by atoms with Crippen molar-refractivity contribution in [3.8, 4) is 17.1 Å². The minimum atomic E-state index is 0.0297. The number of aromatic nitrogens is 3. The fraction of sp³-hybridized carbons (Fsp3) is 0.467. The van der Waals surface area contributed by atoms with Gasteiger partial charge < -0.3 is 9.47 Å². The molecule has 106 valence electrons. The van der Waals surface area contributed by atoms with Gasteiger partial charge >= 0.3 is 0 Å². The molecule has 1 aliphatic rings. The maximum Gasteiger partial charge on any atom is 0.150 e. The van der Waals surface area contributed by atoms with E-state index in [1.807, 2.05) is 29.8 Å². The van der Waals surface area contributed by atoms with Gasteiger partial charge in [0.25, 0.3) is 0 Å². The predicted octanol–water partition coefficient (Wildman–Crippen LogP) is 3.04. The summed E-state index contributed by atoms with van der Waals surface area (Å²) in [7, 11) is 0. The van der Waals surface area contributed by atoms with Crippen molar-refractivity contribution in [2.75, 3.05) is 13.2 Å². The molecule has 1 saturated heterocycles. The van der Waals surface area contributed by atoms with Crippen LogP contribution in [0.1, 0.15) is 32.4 Å². The molecule has 0 radical (unpaired) electrons. The molecule has 1 fully saturated rings. The highest BCUT2D eigenvalue weighted by atomic mass is 16.5. The van der Waals surface area contributed by atoms with Crippen LogP contribution in [0, 0.1) is 0 Å². The average Bonchev–Trinajstić information content (AvgIpc) is 2.99. The second-order valence-corrected chi connectivity index (χ2v) is 4.79. The van der Waals surface area contributed by atoms with E-state index in [0.29, 0.717) is 6.61 Å². The van der Waals surface area contributed by atoms with Gasteiger partial charge in [-0.05, 0) is 44.4 Å². The Labute approximate surface area is 118 Å². The average molecular weight is 273 g/mol. The lowest BCUT2D eigenvalue weighted by Gasteiger charge is -2.24. The van der Waals surface area contributed by atoms with Crippen LogP contribution >= 0.6 is 0 Å². The first-order chi connectivity index (χ1) is 9.88. The van der Waals surface area contributed by atoms with Gasteiger partial charge in [0.05, 0.1) is 24.2 Å². The van der Waals surface area contributed by atoms with Gasteiger partial charge in [0.1, 0.15) is 5.75 Å². The molecule has 5 nitrogen and oxygen atoms in total. The van der Waals surface area contributed by atoms with Gasteiger partial charge in [-0.1, -0.05) is 0 Å². The predicted molar refractivity (Wildman–Crippen MR) is 75.5 cm³/mol. The van der Waals surface area contributed by atoms with Gasteiger partial charge in [0, 0.05) is 12.8 Å². The summed E-state index contributed by atoms with van der Waals surface area (Å²) in [4.78, 5) is 4.45. The zero-order valence-corrected chi connectivity index (χ0v) is 11.7. The molecule has 20 heavy (non-hydrogen) atoms. The minimum absolute atomic E-state index is 0.0297. The second-order valence-electron chi connectivity index (χ2n) is 4.79. The summed E-state index contributed by atoms with van der Waals surface area (Å²) in [5.74, 6) is 0.788. The Hall–Kier alpha value is -1.88. The third-order valence-corrected chi connectivity index (χ3v) is 3.41. The Morgan fingerprint density at radius 3 is 3.00 bits per heavy atom. The quantitative estimate of drug-likeness (QED) is 0.859. The summed E-state index contributed by atoms with van der Waals surface area (Å²) >= 11 is 0. The number of pyridine rings is 1. The van der Waals surface area contributed by atoms with Crippen molar-refractivity contribution in [1.82, 2.24) is 14.8 Å². The van der Waals surface area contributed by atoms with Crippen LogP contribution in [0.4, 0.5) is 0 Å². The highest BCUT2D eigenvalue weighted by Crippen LogP contribution is 2.27. The molecular formula is C15H19N3O2. The first kappa shape index (κ1) is 13.1. The molecule has 0 bridgehead atoms. The molecule has 0 N–H and O–H groups in total. The molecule has 2 aromatic heterocycles. The van der Waals surface area contributed by atoms with E-state index in [1.54, 1.807) is 12.4 Å². The highest BCUT2D eigenvalue weighted by Gasteiger charge is 2.19. The summed E-state index contributed by atoms with van der Waals surface area (Å²) in [6.07, 6.45) is 6.89. The van der Waals surface area contributed by atoms with E-state index < -0.39 is 0 Å². The van der Waals surface area contributed by atoms with Gasteiger partial charge in [-0.2, -0.15) is 5.10 Å². The van der Waals surface area contributed by atoms with E-state index in [0.717, 1.165) is 36.6 Å². The highest BCUT2D eigenvalue weighted by molar-refractivity contribution is 5.54. The molecule has 1 atom stereocenters. The molecule has 2 aromatic rings.